The fraction of sp³-hybridized carbons (Fsp3) is 0.259. The highest BCUT2D eigenvalue weighted by atomic mass is 32.2. The van der Waals surface area contributed by atoms with E-state index in [1.165, 1.54) is 27.3 Å². The Morgan fingerprint density at radius 2 is 1.82 bits per heavy atom. The summed E-state index contributed by atoms with van der Waals surface area (Å²) in [6, 6.07) is 16.8. The third-order valence-corrected chi connectivity index (χ3v) is 8.31. The molecule has 40 heavy (non-hydrogen) atoms. The average Bonchev–Trinajstić information content (AvgIpc) is 3.35. The lowest BCUT2D eigenvalue weighted by atomic mass is 10.1. The largest absolute Gasteiger partial charge is 0.456 e. The maximum atomic E-state index is 13.9. The van der Waals surface area contributed by atoms with Crippen molar-refractivity contribution in [1.82, 2.24) is 19.3 Å². The van der Waals surface area contributed by atoms with Crippen LogP contribution in [-0.4, -0.2) is 53.0 Å². The number of hydrogen-bond donors (Lipinski definition) is 1. The van der Waals surface area contributed by atoms with E-state index in [1.807, 2.05) is 0 Å². The van der Waals surface area contributed by atoms with Gasteiger partial charge < -0.3 is 14.7 Å². The van der Waals surface area contributed by atoms with Crippen LogP contribution in [0.1, 0.15) is 22.4 Å². The molecule has 1 aliphatic rings. The normalized spacial score (nSPS) is 14.9. The number of anilines is 1. The summed E-state index contributed by atoms with van der Waals surface area (Å²) in [5, 5.41) is 17.4. The number of halogens is 3. The second-order valence-electron chi connectivity index (χ2n) is 9.36. The van der Waals surface area contributed by atoms with Crippen molar-refractivity contribution < 1.29 is 31.4 Å². The maximum absolute atomic E-state index is 13.9. The minimum Gasteiger partial charge on any atom is -0.456 e. The Balaban J connectivity index is 1.45. The van der Waals surface area contributed by atoms with Crippen LogP contribution in [0.25, 0.3) is 0 Å². The Bertz CT molecular complexity index is 1620. The quantitative estimate of drug-likeness (QED) is 0.353. The first-order chi connectivity index (χ1) is 19.0. The molecule has 2 heterocycles. The number of rotatable bonds is 7. The van der Waals surface area contributed by atoms with Gasteiger partial charge >= 0.3 is 6.18 Å². The molecule has 1 aromatic heterocycles. The second-order valence-corrected chi connectivity index (χ2v) is 11.3. The summed E-state index contributed by atoms with van der Waals surface area (Å²) in [7, 11) is -2.30. The number of likely N-dealkylation sites (N-methyl/N-ethyl adjacent to an activating group) is 1. The first-order valence-electron chi connectivity index (χ1n) is 12.3. The molecule has 0 spiro atoms. The van der Waals surface area contributed by atoms with E-state index in [0.29, 0.717) is 34.8 Å². The minimum absolute atomic E-state index is 0.00456. The topological polar surface area (TPSA) is 101 Å². The van der Waals surface area contributed by atoms with E-state index in [-0.39, 0.29) is 36.9 Å². The van der Waals surface area contributed by atoms with Gasteiger partial charge in [-0.1, -0.05) is 35.5 Å². The van der Waals surface area contributed by atoms with Crippen molar-refractivity contribution in [3.05, 3.63) is 95.3 Å². The zero-order valence-electron chi connectivity index (χ0n) is 21.4. The van der Waals surface area contributed by atoms with Crippen LogP contribution in [0.15, 0.2) is 77.8 Å². The number of fused-ring (bicyclic) bond motifs is 2. The Hall–Kier alpha value is -3.94. The Kier molecular flexibility index (Phi) is 7.53. The fourth-order valence-electron chi connectivity index (χ4n) is 4.42. The van der Waals surface area contributed by atoms with Gasteiger partial charge in [-0.25, -0.2) is 13.1 Å². The van der Waals surface area contributed by atoms with Gasteiger partial charge in [0, 0.05) is 37.5 Å². The number of sulfonamides is 1. The third kappa shape index (κ3) is 5.81. The van der Waals surface area contributed by atoms with Crippen LogP contribution in [0.2, 0.25) is 0 Å². The first kappa shape index (κ1) is 27.6. The zero-order valence-corrected chi connectivity index (χ0v) is 22.2. The molecule has 210 valence electrons. The molecule has 3 aromatic carbocycles. The minimum atomic E-state index is -4.46. The standard InChI is InChI=1S/C27H26F3N5O4S/c1-33(11-12-36)23-9-10-26-25(14-23)39-24-8-3-2-6-20(24)16-35(40(26,37)38)18-22-17-34(32-31-22)15-19-5-4-7-21(13-19)27(28,29)30/h2-10,13-14,17,36H,11-12,15-16,18H2,1H3. The van der Waals surface area contributed by atoms with E-state index >= 15 is 0 Å². The SMILES string of the molecule is CN(CCO)c1ccc2c(c1)Oc1ccccc1CN(Cc1cn(Cc3cccc(C(F)(F)F)c3)nn1)S2(=O)=O. The number of aliphatic hydroxyl groups excluding tert-OH is 1. The van der Waals surface area contributed by atoms with Gasteiger partial charge in [0.25, 0.3) is 0 Å². The molecule has 1 N–H and O–H groups in total. The lowest BCUT2D eigenvalue weighted by molar-refractivity contribution is -0.137. The highest BCUT2D eigenvalue weighted by molar-refractivity contribution is 7.89. The second kappa shape index (κ2) is 10.9. The molecule has 0 radical (unpaired) electrons. The summed E-state index contributed by atoms with van der Waals surface area (Å²) in [6.07, 6.45) is -2.94. The molecule has 1 aliphatic heterocycles. The Labute approximate surface area is 229 Å². The van der Waals surface area contributed by atoms with E-state index in [2.05, 4.69) is 10.3 Å². The molecule has 0 saturated carbocycles. The van der Waals surface area contributed by atoms with Gasteiger partial charge in [-0.2, -0.15) is 17.5 Å². The van der Waals surface area contributed by atoms with Gasteiger partial charge in [-0.05, 0) is 35.9 Å². The number of aromatic nitrogens is 3. The van der Waals surface area contributed by atoms with Gasteiger partial charge in [0.2, 0.25) is 10.0 Å². The molecule has 9 nitrogen and oxygen atoms in total. The number of aliphatic hydroxyl groups is 1. The first-order valence-corrected chi connectivity index (χ1v) is 13.8. The van der Waals surface area contributed by atoms with Crippen LogP contribution >= 0.6 is 0 Å². The van der Waals surface area contributed by atoms with Crippen LogP contribution in [0.3, 0.4) is 0 Å². The molecule has 0 atom stereocenters. The van der Waals surface area contributed by atoms with E-state index in [0.717, 1.165) is 12.1 Å². The molecule has 0 bridgehead atoms. The number of para-hydroxylation sites is 1. The molecule has 0 saturated heterocycles. The monoisotopic (exact) mass is 573 g/mol. The van der Waals surface area contributed by atoms with Crippen LogP contribution in [0.4, 0.5) is 18.9 Å². The number of benzene rings is 3. The average molecular weight is 574 g/mol. The lowest BCUT2D eigenvalue weighted by Gasteiger charge is -2.28. The van der Waals surface area contributed by atoms with Crippen molar-refractivity contribution in [2.45, 2.75) is 30.7 Å². The maximum Gasteiger partial charge on any atom is 0.416 e. The molecule has 5 rings (SSSR count). The van der Waals surface area contributed by atoms with Crippen molar-refractivity contribution >= 4 is 15.7 Å². The van der Waals surface area contributed by atoms with Crippen molar-refractivity contribution in [2.75, 3.05) is 25.1 Å². The smallest absolute Gasteiger partial charge is 0.416 e. The van der Waals surface area contributed by atoms with E-state index in [1.54, 1.807) is 54.4 Å². The van der Waals surface area contributed by atoms with Crippen molar-refractivity contribution in [3.63, 3.8) is 0 Å². The van der Waals surface area contributed by atoms with Crippen LogP contribution in [0, 0.1) is 0 Å². The number of alkyl halides is 3. The predicted octanol–water partition coefficient (Wildman–Crippen LogP) is 4.27. The molecule has 13 heteroatoms. The van der Waals surface area contributed by atoms with E-state index in [4.69, 9.17) is 4.74 Å². The Morgan fingerprint density at radius 3 is 2.60 bits per heavy atom. The summed E-state index contributed by atoms with van der Waals surface area (Å²) in [5.74, 6) is 0.645. The predicted molar refractivity (Wildman–Crippen MR) is 140 cm³/mol. The molecular formula is C27H26F3N5O4S. The van der Waals surface area contributed by atoms with Gasteiger partial charge in [0.1, 0.15) is 16.4 Å². The van der Waals surface area contributed by atoms with Crippen LogP contribution < -0.4 is 9.64 Å². The summed E-state index contributed by atoms with van der Waals surface area (Å²) in [6.45, 7) is 0.199. The molecule has 0 fully saturated rings. The van der Waals surface area contributed by atoms with Gasteiger partial charge in [0.15, 0.2) is 0 Å². The van der Waals surface area contributed by atoms with E-state index < -0.39 is 21.8 Å². The Morgan fingerprint density at radius 1 is 1.02 bits per heavy atom. The lowest BCUT2D eigenvalue weighted by Crippen LogP contribution is -2.32. The summed E-state index contributed by atoms with van der Waals surface area (Å²) < 4.78 is 75.7. The molecule has 0 amide bonds. The highest BCUT2D eigenvalue weighted by Gasteiger charge is 2.33. The number of nitrogens with zero attached hydrogens (tertiary/aromatic N) is 5. The van der Waals surface area contributed by atoms with Gasteiger partial charge in [0.05, 0.1) is 37.2 Å². The zero-order chi connectivity index (χ0) is 28.5. The van der Waals surface area contributed by atoms with Gasteiger partial charge in [-0.3, -0.25) is 0 Å². The number of hydrogen-bond acceptors (Lipinski definition) is 7. The third-order valence-electron chi connectivity index (χ3n) is 6.48. The molecule has 0 aliphatic carbocycles. The van der Waals surface area contributed by atoms with Crippen LogP contribution in [0.5, 0.6) is 11.5 Å². The summed E-state index contributed by atoms with van der Waals surface area (Å²) in [5.41, 5.74) is 1.26. The van der Waals surface area contributed by atoms with Crippen molar-refractivity contribution in [3.8, 4) is 11.5 Å². The molecular weight excluding hydrogens is 547 g/mol. The molecule has 4 aromatic rings. The highest BCUT2D eigenvalue weighted by Crippen LogP contribution is 2.39. The fourth-order valence-corrected chi connectivity index (χ4v) is 5.90. The molecule has 0 unspecified atom stereocenters. The summed E-state index contributed by atoms with van der Waals surface area (Å²) in [4.78, 5) is 1.75. The number of ether oxygens (including phenoxy) is 1. The summed E-state index contributed by atoms with van der Waals surface area (Å²) >= 11 is 0. The van der Waals surface area contributed by atoms with Crippen LogP contribution in [-0.2, 0) is 35.8 Å². The van der Waals surface area contributed by atoms with Crippen molar-refractivity contribution in [1.29, 1.82) is 0 Å². The van der Waals surface area contributed by atoms with Crippen molar-refractivity contribution in [2.24, 2.45) is 0 Å². The van der Waals surface area contributed by atoms with E-state index in [9.17, 15) is 26.7 Å². The van der Waals surface area contributed by atoms with Gasteiger partial charge in [-0.15, -0.1) is 5.10 Å².